The Morgan fingerprint density at radius 3 is 2.43 bits per heavy atom. The van der Waals surface area contributed by atoms with Gasteiger partial charge in [-0.2, -0.15) is 0 Å². The molecule has 2 aromatic rings. The zero-order valence-corrected chi connectivity index (χ0v) is 11.8. The highest BCUT2D eigenvalue weighted by molar-refractivity contribution is 6.32. The standard InChI is InChI=1S/C16H13ClN2O2/c17-13-7-3-1-5-11(13)9-10-15(20)19-14-8-4-2-6-12(14)16(18)21/h1-10H,(H2,18,21)(H,19,20)/b10-9-. The average Bonchev–Trinajstić information content (AvgIpc) is 2.47. The molecule has 0 bridgehead atoms. The van der Waals surface area contributed by atoms with Crippen LogP contribution in [0.2, 0.25) is 5.02 Å². The van der Waals surface area contributed by atoms with E-state index in [4.69, 9.17) is 17.3 Å². The third-order valence-corrected chi connectivity index (χ3v) is 3.11. The van der Waals surface area contributed by atoms with Gasteiger partial charge >= 0.3 is 0 Å². The minimum Gasteiger partial charge on any atom is -0.366 e. The number of hydrogen-bond donors (Lipinski definition) is 2. The number of anilines is 1. The molecule has 0 aliphatic rings. The molecule has 0 aliphatic carbocycles. The monoisotopic (exact) mass is 300 g/mol. The Hall–Kier alpha value is -2.59. The first kappa shape index (κ1) is 14.8. The number of carbonyl (C=O) groups is 2. The molecule has 5 heteroatoms. The number of nitrogens with one attached hydrogen (secondary N) is 1. The van der Waals surface area contributed by atoms with Gasteiger partial charge in [0.1, 0.15) is 0 Å². The first-order valence-electron chi connectivity index (χ1n) is 6.20. The van der Waals surface area contributed by atoms with Gasteiger partial charge in [0.05, 0.1) is 11.3 Å². The van der Waals surface area contributed by atoms with Crippen LogP contribution in [0.25, 0.3) is 6.08 Å². The molecule has 0 unspecified atom stereocenters. The molecule has 0 atom stereocenters. The van der Waals surface area contributed by atoms with Gasteiger partial charge in [0.2, 0.25) is 5.91 Å². The highest BCUT2D eigenvalue weighted by Gasteiger charge is 2.08. The van der Waals surface area contributed by atoms with E-state index in [1.807, 2.05) is 12.1 Å². The summed E-state index contributed by atoms with van der Waals surface area (Å²) in [4.78, 5) is 23.1. The van der Waals surface area contributed by atoms with Crippen LogP contribution < -0.4 is 11.1 Å². The second-order valence-electron chi connectivity index (χ2n) is 4.25. The number of benzene rings is 2. The summed E-state index contributed by atoms with van der Waals surface area (Å²) in [5.74, 6) is -0.968. The normalized spacial score (nSPS) is 10.5. The van der Waals surface area contributed by atoms with E-state index in [1.165, 1.54) is 6.08 Å². The van der Waals surface area contributed by atoms with Crippen molar-refractivity contribution in [2.45, 2.75) is 0 Å². The average molecular weight is 301 g/mol. The van der Waals surface area contributed by atoms with Crippen LogP contribution in [0.15, 0.2) is 54.6 Å². The maximum Gasteiger partial charge on any atom is 0.250 e. The summed E-state index contributed by atoms with van der Waals surface area (Å²) in [6.07, 6.45) is 2.95. The van der Waals surface area contributed by atoms with Gasteiger partial charge in [-0.05, 0) is 29.8 Å². The third-order valence-electron chi connectivity index (χ3n) is 2.77. The molecule has 2 amide bonds. The number of para-hydroxylation sites is 1. The number of carbonyl (C=O) groups excluding carboxylic acids is 2. The molecule has 0 aromatic heterocycles. The lowest BCUT2D eigenvalue weighted by molar-refractivity contribution is -0.111. The molecule has 4 nitrogen and oxygen atoms in total. The van der Waals surface area contributed by atoms with Crippen molar-refractivity contribution >= 4 is 35.2 Å². The lowest BCUT2D eigenvalue weighted by Crippen LogP contribution is -2.16. The van der Waals surface area contributed by atoms with E-state index < -0.39 is 5.91 Å². The first-order valence-corrected chi connectivity index (χ1v) is 6.58. The van der Waals surface area contributed by atoms with Crippen LogP contribution in [-0.4, -0.2) is 11.8 Å². The smallest absolute Gasteiger partial charge is 0.250 e. The Morgan fingerprint density at radius 1 is 1.05 bits per heavy atom. The van der Waals surface area contributed by atoms with Gasteiger partial charge < -0.3 is 11.1 Å². The molecule has 0 saturated heterocycles. The van der Waals surface area contributed by atoms with Gasteiger partial charge in [-0.3, -0.25) is 9.59 Å². The molecule has 0 saturated carbocycles. The maximum atomic E-state index is 11.9. The predicted molar refractivity (Wildman–Crippen MR) is 84.1 cm³/mol. The van der Waals surface area contributed by atoms with Crippen molar-refractivity contribution < 1.29 is 9.59 Å². The van der Waals surface area contributed by atoms with E-state index in [0.717, 1.165) is 5.56 Å². The summed E-state index contributed by atoms with van der Waals surface area (Å²) in [5, 5.41) is 3.17. The molecular formula is C16H13ClN2O2. The third kappa shape index (κ3) is 3.94. The Labute approximate surface area is 127 Å². The quantitative estimate of drug-likeness (QED) is 0.852. The van der Waals surface area contributed by atoms with Crippen LogP contribution in [-0.2, 0) is 4.79 Å². The minimum atomic E-state index is -0.596. The van der Waals surface area contributed by atoms with E-state index >= 15 is 0 Å². The fourth-order valence-electron chi connectivity index (χ4n) is 1.76. The summed E-state index contributed by atoms with van der Waals surface area (Å²) in [6, 6.07) is 13.7. The zero-order valence-electron chi connectivity index (χ0n) is 11.0. The van der Waals surface area contributed by atoms with E-state index in [9.17, 15) is 9.59 Å². The zero-order chi connectivity index (χ0) is 15.2. The van der Waals surface area contributed by atoms with Crippen LogP contribution in [0.1, 0.15) is 15.9 Å². The molecule has 3 N–H and O–H groups in total. The van der Waals surface area contributed by atoms with Gasteiger partial charge in [-0.25, -0.2) is 0 Å². The molecule has 2 rings (SSSR count). The highest BCUT2D eigenvalue weighted by Crippen LogP contribution is 2.17. The largest absolute Gasteiger partial charge is 0.366 e. The van der Waals surface area contributed by atoms with Crippen LogP contribution in [0, 0.1) is 0 Å². The lowest BCUT2D eigenvalue weighted by atomic mass is 10.1. The number of nitrogens with two attached hydrogens (primary N) is 1. The van der Waals surface area contributed by atoms with Gasteiger partial charge in [0.15, 0.2) is 0 Å². The molecule has 0 radical (unpaired) electrons. The molecule has 2 aromatic carbocycles. The van der Waals surface area contributed by atoms with Gasteiger partial charge in [-0.15, -0.1) is 0 Å². The van der Waals surface area contributed by atoms with Crippen molar-refractivity contribution in [1.82, 2.24) is 0 Å². The number of hydrogen-bond acceptors (Lipinski definition) is 2. The van der Waals surface area contributed by atoms with Crippen molar-refractivity contribution in [3.63, 3.8) is 0 Å². The second kappa shape index (κ2) is 6.72. The van der Waals surface area contributed by atoms with Crippen molar-refractivity contribution in [1.29, 1.82) is 0 Å². The van der Waals surface area contributed by atoms with E-state index in [-0.39, 0.29) is 11.5 Å². The van der Waals surface area contributed by atoms with Crippen LogP contribution in [0.4, 0.5) is 5.69 Å². The summed E-state index contributed by atoms with van der Waals surface area (Å²) >= 11 is 5.99. The van der Waals surface area contributed by atoms with E-state index in [0.29, 0.717) is 10.7 Å². The van der Waals surface area contributed by atoms with Crippen LogP contribution >= 0.6 is 11.6 Å². The molecule has 0 heterocycles. The Balaban J connectivity index is 2.13. The first-order chi connectivity index (χ1) is 10.1. The van der Waals surface area contributed by atoms with Crippen molar-refractivity contribution in [2.75, 3.05) is 5.32 Å². The molecule has 21 heavy (non-hydrogen) atoms. The van der Waals surface area contributed by atoms with Gasteiger partial charge in [0, 0.05) is 11.1 Å². The minimum absolute atomic E-state index is 0.261. The second-order valence-corrected chi connectivity index (χ2v) is 4.66. The van der Waals surface area contributed by atoms with Crippen LogP contribution in [0.3, 0.4) is 0 Å². The SMILES string of the molecule is NC(=O)c1ccccc1NC(=O)/C=C\c1ccccc1Cl. The molecular weight excluding hydrogens is 288 g/mol. The lowest BCUT2D eigenvalue weighted by Gasteiger charge is -2.06. The molecule has 0 aliphatic heterocycles. The molecule has 106 valence electrons. The molecule has 0 spiro atoms. The maximum absolute atomic E-state index is 11.9. The van der Waals surface area contributed by atoms with Crippen molar-refractivity contribution in [2.24, 2.45) is 5.73 Å². The summed E-state index contributed by atoms with van der Waals surface area (Å²) < 4.78 is 0. The highest BCUT2D eigenvalue weighted by atomic mass is 35.5. The number of primary amides is 1. The van der Waals surface area contributed by atoms with E-state index in [1.54, 1.807) is 42.5 Å². The van der Waals surface area contributed by atoms with Crippen molar-refractivity contribution in [3.8, 4) is 0 Å². The van der Waals surface area contributed by atoms with E-state index in [2.05, 4.69) is 5.32 Å². The Morgan fingerprint density at radius 2 is 1.71 bits per heavy atom. The predicted octanol–water partition coefficient (Wildman–Crippen LogP) is 3.09. The van der Waals surface area contributed by atoms with Crippen LogP contribution in [0.5, 0.6) is 0 Å². The fourth-order valence-corrected chi connectivity index (χ4v) is 1.96. The molecule has 0 fully saturated rings. The summed E-state index contributed by atoms with van der Waals surface area (Å²) in [7, 11) is 0. The topological polar surface area (TPSA) is 72.2 Å². The number of amides is 2. The Kier molecular flexibility index (Phi) is 4.74. The number of rotatable bonds is 4. The van der Waals surface area contributed by atoms with Crippen molar-refractivity contribution in [3.05, 3.63) is 70.8 Å². The summed E-state index contributed by atoms with van der Waals surface area (Å²) in [5.41, 5.74) is 6.62. The van der Waals surface area contributed by atoms with Gasteiger partial charge in [-0.1, -0.05) is 41.9 Å². The Bertz CT molecular complexity index is 711. The fraction of sp³-hybridized carbons (Fsp3) is 0. The van der Waals surface area contributed by atoms with Gasteiger partial charge in [0.25, 0.3) is 5.91 Å². The summed E-state index contributed by atoms with van der Waals surface area (Å²) in [6.45, 7) is 0. The number of halogens is 1.